The number of benzene rings is 1. The minimum atomic E-state index is -0.0334. The van der Waals surface area contributed by atoms with Gasteiger partial charge < -0.3 is 35.2 Å². The molecule has 0 unspecified atom stereocenters. The van der Waals surface area contributed by atoms with E-state index in [1.807, 2.05) is 0 Å². The number of nitrogens with one attached hydrogen (secondary N) is 3. The molecule has 2 atom stereocenters. The van der Waals surface area contributed by atoms with Crippen LogP contribution in [0.15, 0.2) is 18.3 Å². The smallest absolute Gasteiger partial charge is 0.275 e. The molecule has 1 aliphatic carbocycles. The van der Waals surface area contributed by atoms with Gasteiger partial charge in [-0.2, -0.15) is 10.2 Å². The van der Waals surface area contributed by atoms with Crippen LogP contribution in [0.5, 0.6) is 0 Å². The van der Waals surface area contributed by atoms with Crippen molar-refractivity contribution in [1.82, 2.24) is 24.9 Å². The van der Waals surface area contributed by atoms with Crippen LogP contribution in [0.25, 0.3) is 10.5 Å². The predicted molar refractivity (Wildman–Crippen MR) is 138 cm³/mol. The van der Waals surface area contributed by atoms with Crippen molar-refractivity contribution < 1.29 is 9.47 Å². The number of methoxy groups -OCH3 is 1. The molecule has 0 radical (unpaired) electrons. The highest BCUT2D eigenvalue weighted by Gasteiger charge is 2.37. The molecular formula is C24H25ClN10O2. The lowest BCUT2D eigenvalue weighted by atomic mass is 10.1. The maximum Gasteiger partial charge on any atom is 0.275 e. The minimum absolute atomic E-state index is 0.0334. The van der Waals surface area contributed by atoms with Crippen LogP contribution in [-0.2, 0) is 9.47 Å². The van der Waals surface area contributed by atoms with Gasteiger partial charge in [-0.15, -0.1) is 4.52 Å². The van der Waals surface area contributed by atoms with E-state index in [0.717, 1.165) is 18.5 Å². The molecule has 0 amide bonds. The van der Waals surface area contributed by atoms with E-state index in [1.54, 1.807) is 19.2 Å². The lowest BCUT2D eigenvalue weighted by molar-refractivity contribution is -0.0183. The molecular weight excluding hydrogens is 496 g/mol. The molecule has 3 aliphatic rings. The van der Waals surface area contributed by atoms with Crippen molar-refractivity contribution in [3.8, 4) is 6.07 Å². The topological polar surface area (TPSA) is 129 Å². The molecule has 13 heteroatoms. The Morgan fingerprint density at radius 2 is 2.11 bits per heavy atom. The second-order valence-electron chi connectivity index (χ2n) is 9.45. The Kier molecular flexibility index (Phi) is 6.18. The highest BCUT2D eigenvalue weighted by atomic mass is 35.5. The quantitative estimate of drug-likeness (QED) is 0.381. The summed E-state index contributed by atoms with van der Waals surface area (Å²) in [6.07, 6.45) is 3.54. The lowest BCUT2D eigenvalue weighted by Gasteiger charge is -2.31. The van der Waals surface area contributed by atoms with Crippen molar-refractivity contribution in [2.45, 2.75) is 37.1 Å². The summed E-state index contributed by atoms with van der Waals surface area (Å²) in [4.78, 5) is 14.6. The Labute approximate surface area is 218 Å². The molecule has 2 aliphatic heterocycles. The summed E-state index contributed by atoms with van der Waals surface area (Å²) in [6.45, 7) is 10.1. The van der Waals surface area contributed by atoms with E-state index in [1.165, 1.54) is 10.7 Å². The van der Waals surface area contributed by atoms with E-state index in [4.69, 9.17) is 27.6 Å². The number of halogens is 1. The maximum absolute atomic E-state index is 9.75. The zero-order chi connectivity index (χ0) is 25.5. The van der Waals surface area contributed by atoms with Gasteiger partial charge in [0, 0.05) is 26.2 Å². The number of hydrogen-bond donors (Lipinski definition) is 3. The molecule has 1 aromatic carbocycles. The molecule has 2 saturated heterocycles. The van der Waals surface area contributed by atoms with Crippen molar-refractivity contribution in [3.63, 3.8) is 0 Å². The number of nitrogens with zero attached hydrogens (tertiary/aromatic N) is 7. The van der Waals surface area contributed by atoms with Crippen LogP contribution in [0.3, 0.4) is 0 Å². The van der Waals surface area contributed by atoms with Gasteiger partial charge >= 0.3 is 0 Å². The van der Waals surface area contributed by atoms with E-state index < -0.39 is 0 Å². The van der Waals surface area contributed by atoms with Gasteiger partial charge in [-0.3, -0.25) is 0 Å². The van der Waals surface area contributed by atoms with Gasteiger partial charge in [-0.1, -0.05) is 23.3 Å². The summed E-state index contributed by atoms with van der Waals surface area (Å²) in [6, 6.07) is 6.42. The first kappa shape index (κ1) is 23.7. The van der Waals surface area contributed by atoms with E-state index in [2.05, 4.69) is 46.8 Å². The highest BCUT2D eigenvalue weighted by molar-refractivity contribution is 6.36. The van der Waals surface area contributed by atoms with Gasteiger partial charge in [0.05, 0.1) is 65.6 Å². The zero-order valence-corrected chi connectivity index (χ0v) is 20.9. The monoisotopic (exact) mass is 520 g/mol. The predicted octanol–water partition coefficient (Wildman–Crippen LogP) is 2.71. The van der Waals surface area contributed by atoms with E-state index >= 15 is 0 Å². The molecule has 37 heavy (non-hydrogen) atoms. The summed E-state index contributed by atoms with van der Waals surface area (Å²) in [5.41, 5.74) is 2.15. The molecule has 0 bridgehead atoms. The molecule has 3 aromatic rings. The summed E-state index contributed by atoms with van der Waals surface area (Å²) < 4.78 is 12.5. The van der Waals surface area contributed by atoms with Crippen molar-refractivity contribution in [2.24, 2.45) is 0 Å². The van der Waals surface area contributed by atoms with Crippen LogP contribution in [0.2, 0.25) is 5.02 Å². The first-order valence-electron chi connectivity index (χ1n) is 12.1. The molecule has 3 N–H and O–H groups in total. The van der Waals surface area contributed by atoms with E-state index in [9.17, 15) is 5.26 Å². The number of nitriles is 1. The Hall–Kier alpha value is -3.68. The van der Waals surface area contributed by atoms with Crippen LogP contribution in [0.4, 0.5) is 29.0 Å². The fraction of sp³-hybridized carbons (Fsp3) is 0.458. The molecule has 190 valence electrons. The van der Waals surface area contributed by atoms with Crippen molar-refractivity contribution in [2.75, 3.05) is 48.9 Å². The highest BCUT2D eigenvalue weighted by Crippen LogP contribution is 2.38. The molecule has 3 fully saturated rings. The largest absolute Gasteiger partial charge is 0.378 e. The Balaban J connectivity index is 1.32. The van der Waals surface area contributed by atoms with Crippen molar-refractivity contribution >= 4 is 46.2 Å². The molecule has 0 spiro atoms. The average molecular weight is 521 g/mol. The fourth-order valence-electron chi connectivity index (χ4n) is 4.64. The van der Waals surface area contributed by atoms with Gasteiger partial charge in [-0.25, -0.2) is 4.98 Å². The van der Waals surface area contributed by atoms with Crippen LogP contribution in [0, 0.1) is 17.9 Å². The number of rotatable bonds is 8. The third-order valence-electron chi connectivity index (χ3n) is 6.80. The summed E-state index contributed by atoms with van der Waals surface area (Å²) in [5, 5.41) is 24.8. The Bertz CT molecular complexity index is 1420. The van der Waals surface area contributed by atoms with Crippen LogP contribution >= 0.6 is 11.6 Å². The lowest BCUT2D eigenvalue weighted by Crippen LogP contribution is -2.54. The second-order valence-corrected chi connectivity index (χ2v) is 9.82. The maximum atomic E-state index is 9.75. The van der Waals surface area contributed by atoms with Crippen molar-refractivity contribution in [1.29, 1.82) is 5.26 Å². The van der Waals surface area contributed by atoms with E-state index in [0.29, 0.717) is 66.1 Å². The van der Waals surface area contributed by atoms with Gasteiger partial charge in [0.25, 0.3) is 17.4 Å². The number of anilines is 4. The fourth-order valence-corrected chi connectivity index (χ4v) is 4.91. The summed E-state index contributed by atoms with van der Waals surface area (Å²) >= 11 is 6.91. The zero-order valence-electron chi connectivity index (χ0n) is 20.1. The van der Waals surface area contributed by atoms with Gasteiger partial charge in [0.1, 0.15) is 0 Å². The minimum Gasteiger partial charge on any atom is -0.378 e. The molecule has 6 rings (SSSR count). The number of aromatic nitrogens is 4. The van der Waals surface area contributed by atoms with E-state index in [-0.39, 0.29) is 23.9 Å². The Morgan fingerprint density at radius 3 is 2.78 bits per heavy atom. The average Bonchev–Trinajstić information content (AvgIpc) is 3.44. The third kappa shape index (κ3) is 4.61. The summed E-state index contributed by atoms with van der Waals surface area (Å²) in [7, 11) is 1.70. The first-order valence-corrected chi connectivity index (χ1v) is 12.5. The first-order chi connectivity index (χ1) is 18.1. The van der Waals surface area contributed by atoms with Gasteiger partial charge in [0.15, 0.2) is 5.82 Å². The second kappa shape index (κ2) is 9.65. The third-order valence-corrected chi connectivity index (χ3v) is 7.20. The number of hydrogen-bond acceptors (Lipinski definition) is 10. The molecule has 1 saturated carbocycles. The molecule has 12 nitrogen and oxygen atoms in total. The Morgan fingerprint density at radius 1 is 1.27 bits per heavy atom. The van der Waals surface area contributed by atoms with Crippen LogP contribution in [-0.4, -0.2) is 77.2 Å². The van der Waals surface area contributed by atoms with Gasteiger partial charge in [-0.05, 0) is 25.0 Å². The van der Waals surface area contributed by atoms with Crippen molar-refractivity contribution in [3.05, 3.63) is 40.3 Å². The molecule has 4 heterocycles. The number of fused-ring (bicyclic) bond motifs is 1. The molecule has 2 aromatic heterocycles. The van der Waals surface area contributed by atoms with Gasteiger partial charge in [0.2, 0.25) is 0 Å². The number of ether oxygens (including phenoxy) is 2. The number of imidazole rings is 1. The van der Waals surface area contributed by atoms with Crippen LogP contribution in [0.1, 0.15) is 18.4 Å². The standard InChI is InChI=1S/C24H25ClN10O2/c1-27-20-8-28-23-22(30-14-3-4-14)32-24(33-35(20)23)31-16-5-13(7-26)6-18(21(16)25)34-9-17(19(10-34)36-2)29-15-11-37-12-15/h5-6,8,14-15,17,19,29H,3-4,9-12H2,2H3,(H2,30,31,32,33)/t17-,19-/m1/s1. The van der Waals surface area contributed by atoms with Crippen LogP contribution < -0.4 is 20.9 Å². The normalized spacial score (nSPS) is 21.5. The summed E-state index contributed by atoms with van der Waals surface area (Å²) in [5.74, 6) is 1.05. The SMILES string of the molecule is [C-]#[N+]c1cnc2c(NC3CC3)nc(Nc3cc(C#N)cc(N4C[C@@H](NC5COC5)[C@H](OC)C4)c3Cl)nn12.